The number of hydrogen-bond donors (Lipinski definition) is 0. The maximum atomic E-state index is 12.9. The number of rotatable bonds is 4. The third kappa shape index (κ3) is 3.62. The zero-order valence-electron chi connectivity index (χ0n) is 15.7. The number of piperazine rings is 1. The number of amides is 1. The van der Waals surface area contributed by atoms with Gasteiger partial charge in [0.25, 0.3) is 11.6 Å². The van der Waals surface area contributed by atoms with Crippen molar-refractivity contribution in [3.05, 3.63) is 51.8 Å². The molecular weight excluding hydrogens is 398 g/mol. The number of sulfonamides is 1. The minimum Gasteiger partial charge on any atom is -0.336 e. The van der Waals surface area contributed by atoms with Crippen LogP contribution in [0.1, 0.15) is 28.9 Å². The van der Waals surface area contributed by atoms with Crippen LogP contribution < -0.4 is 0 Å². The van der Waals surface area contributed by atoms with Crippen LogP contribution in [-0.4, -0.2) is 64.4 Å². The van der Waals surface area contributed by atoms with Gasteiger partial charge in [0.15, 0.2) is 0 Å². The van der Waals surface area contributed by atoms with Gasteiger partial charge in [-0.25, -0.2) is 8.42 Å². The van der Waals surface area contributed by atoms with Gasteiger partial charge in [-0.3, -0.25) is 19.6 Å². The van der Waals surface area contributed by atoms with Crippen molar-refractivity contribution in [2.75, 3.05) is 26.2 Å². The van der Waals surface area contributed by atoms with Crippen LogP contribution in [0.25, 0.3) is 0 Å². The highest BCUT2D eigenvalue weighted by Gasteiger charge is 2.32. The predicted octanol–water partition coefficient (Wildman–Crippen LogP) is 1.27. The maximum Gasteiger partial charge on any atom is 0.270 e. The zero-order valence-corrected chi connectivity index (χ0v) is 16.5. The third-order valence-electron chi connectivity index (χ3n) is 5.40. The lowest BCUT2D eigenvalue weighted by Crippen LogP contribution is -2.50. The largest absolute Gasteiger partial charge is 0.336 e. The van der Waals surface area contributed by atoms with E-state index >= 15 is 0 Å². The number of hydrogen-bond acceptors (Lipinski definition) is 6. The Morgan fingerprint density at radius 2 is 1.86 bits per heavy atom. The van der Waals surface area contributed by atoms with Crippen LogP contribution in [-0.2, 0) is 23.0 Å². The summed E-state index contributed by atoms with van der Waals surface area (Å²) in [7, 11) is -3.86. The molecule has 4 rings (SSSR count). The van der Waals surface area contributed by atoms with Crippen LogP contribution in [0, 0.1) is 10.1 Å². The molecule has 2 aromatic rings. The summed E-state index contributed by atoms with van der Waals surface area (Å²) in [5.41, 5.74) is 1.28. The fraction of sp³-hybridized carbons (Fsp3) is 0.444. The van der Waals surface area contributed by atoms with E-state index < -0.39 is 14.9 Å². The summed E-state index contributed by atoms with van der Waals surface area (Å²) in [5, 5.41) is 15.2. The van der Waals surface area contributed by atoms with Crippen LogP contribution in [0.5, 0.6) is 0 Å². The van der Waals surface area contributed by atoms with Crippen LogP contribution in [0.4, 0.5) is 5.69 Å². The molecule has 0 atom stereocenters. The molecule has 29 heavy (non-hydrogen) atoms. The van der Waals surface area contributed by atoms with Gasteiger partial charge >= 0.3 is 0 Å². The first kappa shape index (κ1) is 19.5. The average Bonchev–Trinajstić information content (AvgIpc) is 3.17. The second kappa shape index (κ2) is 7.56. The van der Waals surface area contributed by atoms with Gasteiger partial charge in [0, 0.05) is 44.9 Å². The van der Waals surface area contributed by atoms with E-state index in [1.165, 1.54) is 22.5 Å². The highest BCUT2D eigenvalue weighted by atomic mass is 32.2. The molecule has 11 heteroatoms. The lowest BCUT2D eigenvalue weighted by molar-refractivity contribution is -0.385. The first-order valence-electron chi connectivity index (χ1n) is 9.46. The standard InChI is InChI=1S/C18H21N5O5S/c24-18(16-13-19-22-7-2-1-6-17(16)22)20-8-10-21(11-9-20)29(27,28)15-5-3-4-14(12-15)23(25)26/h3-5,12-13H,1-2,6-11H2. The molecule has 3 heterocycles. The molecule has 1 amide bonds. The molecule has 10 nitrogen and oxygen atoms in total. The topological polar surface area (TPSA) is 119 Å². The molecule has 1 saturated heterocycles. The van der Waals surface area contributed by atoms with E-state index in [0.29, 0.717) is 5.56 Å². The van der Waals surface area contributed by atoms with E-state index in [1.807, 2.05) is 4.68 Å². The fourth-order valence-corrected chi connectivity index (χ4v) is 5.27. The molecule has 2 aliphatic heterocycles. The molecule has 1 aromatic heterocycles. The fourth-order valence-electron chi connectivity index (χ4n) is 3.81. The summed E-state index contributed by atoms with van der Waals surface area (Å²) >= 11 is 0. The highest BCUT2D eigenvalue weighted by molar-refractivity contribution is 7.89. The van der Waals surface area contributed by atoms with Crippen molar-refractivity contribution in [1.82, 2.24) is 19.0 Å². The van der Waals surface area contributed by atoms with Gasteiger partial charge in [0.1, 0.15) is 0 Å². The van der Waals surface area contributed by atoms with Crippen molar-refractivity contribution >= 4 is 21.6 Å². The number of non-ortho nitro benzene ring substituents is 1. The van der Waals surface area contributed by atoms with E-state index in [-0.39, 0.29) is 42.7 Å². The first-order valence-corrected chi connectivity index (χ1v) is 10.9. The van der Waals surface area contributed by atoms with Gasteiger partial charge in [-0.15, -0.1) is 0 Å². The number of nitro groups is 1. The van der Waals surface area contributed by atoms with E-state index in [1.54, 1.807) is 11.1 Å². The number of aryl methyl sites for hydroxylation is 1. The monoisotopic (exact) mass is 419 g/mol. The van der Waals surface area contributed by atoms with Gasteiger partial charge in [-0.1, -0.05) is 6.07 Å². The summed E-state index contributed by atoms with van der Waals surface area (Å²) in [5.74, 6) is -0.124. The second-order valence-corrected chi connectivity index (χ2v) is 9.07. The van der Waals surface area contributed by atoms with Crippen molar-refractivity contribution < 1.29 is 18.1 Å². The van der Waals surface area contributed by atoms with Crippen molar-refractivity contribution in [3.8, 4) is 0 Å². The second-order valence-electron chi connectivity index (χ2n) is 7.14. The number of benzene rings is 1. The van der Waals surface area contributed by atoms with Gasteiger partial charge in [0.05, 0.1) is 27.3 Å². The lowest BCUT2D eigenvalue weighted by atomic mass is 10.1. The number of nitro benzene ring substituents is 1. The van der Waals surface area contributed by atoms with E-state index in [2.05, 4.69) is 5.10 Å². The summed E-state index contributed by atoms with van der Waals surface area (Å²) in [4.78, 5) is 24.8. The molecule has 0 radical (unpaired) electrons. The van der Waals surface area contributed by atoms with Crippen molar-refractivity contribution in [2.45, 2.75) is 30.7 Å². The minimum absolute atomic E-state index is 0.114. The molecule has 154 valence electrons. The normalized spacial score (nSPS) is 17.7. The maximum absolute atomic E-state index is 12.9. The lowest BCUT2D eigenvalue weighted by Gasteiger charge is -2.34. The predicted molar refractivity (Wildman–Crippen MR) is 103 cm³/mol. The molecule has 0 bridgehead atoms. The van der Waals surface area contributed by atoms with Crippen LogP contribution in [0.2, 0.25) is 0 Å². The number of fused-ring (bicyclic) bond motifs is 1. The average molecular weight is 419 g/mol. The van der Waals surface area contributed by atoms with E-state index in [0.717, 1.165) is 37.6 Å². The molecule has 0 unspecified atom stereocenters. The third-order valence-corrected chi connectivity index (χ3v) is 7.30. The summed E-state index contributed by atoms with van der Waals surface area (Å²) in [6, 6.07) is 5.02. The van der Waals surface area contributed by atoms with Crippen molar-refractivity contribution in [3.63, 3.8) is 0 Å². The van der Waals surface area contributed by atoms with E-state index in [9.17, 15) is 23.3 Å². The van der Waals surface area contributed by atoms with Crippen molar-refractivity contribution in [2.24, 2.45) is 0 Å². The Bertz CT molecular complexity index is 1060. The van der Waals surface area contributed by atoms with Crippen molar-refractivity contribution in [1.29, 1.82) is 0 Å². The molecule has 0 aliphatic carbocycles. The van der Waals surface area contributed by atoms with Crippen LogP contribution in [0.15, 0.2) is 35.4 Å². The minimum atomic E-state index is -3.86. The molecule has 0 saturated carbocycles. The quantitative estimate of drug-likeness (QED) is 0.544. The molecule has 0 N–H and O–H groups in total. The smallest absolute Gasteiger partial charge is 0.270 e. The molecular formula is C18H21N5O5S. The molecule has 1 fully saturated rings. The molecule has 1 aromatic carbocycles. The van der Waals surface area contributed by atoms with Gasteiger partial charge in [-0.2, -0.15) is 9.40 Å². The molecule has 2 aliphatic rings. The van der Waals surface area contributed by atoms with Gasteiger partial charge < -0.3 is 4.90 Å². The Balaban J connectivity index is 1.46. The zero-order chi connectivity index (χ0) is 20.6. The summed E-state index contributed by atoms with van der Waals surface area (Å²) in [6.45, 7) is 1.62. The Labute approximate surface area is 167 Å². The first-order chi connectivity index (χ1) is 13.9. The van der Waals surface area contributed by atoms with E-state index in [4.69, 9.17) is 0 Å². The summed E-state index contributed by atoms with van der Waals surface area (Å²) < 4.78 is 28.8. The van der Waals surface area contributed by atoms with Crippen LogP contribution >= 0.6 is 0 Å². The Morgan fingerprint density at radius 1 is 1.10 bits per heavy atom. The summed E-state index contributed by atoms with van der Waals surface area (Å²) in [6.07, 6.45) is 4.51. The Morgan fingerprint density at radius 3 is 2.59 bits per heavy atom. The highest BCUT2D eigenvalue weighted by Crippen LogP contribution is 2.24. The number of carbonyl (C=O) groups excluding carboxylic acids is 1. The van der Waals surface area contributed by atoms with Gasteiger partial charge in [0.2, 0.25) is 10.0 Å². The Kier molecular flexibility index (Phi) is 5.09. The number of carbonyl (C=O) groups is 1. The van der Waals surface area contributed by atoms with Gasteiger partial charge in [-0.05, 0) is 25.3 Å². The number of nitrogens with zero attached hydrogens (tertiary/aromatic N) is 5. The molecule has 0 spiro atoms. The number of aromatic nitrogens is 2. The Hall–Kier alpha value is -2.79. The SMILES string of the molecule is O=C(c1cnn2c1CCCC2)N1CCN(S(=O)(=O)c2cccc([N+](=O)[O-])c2)CC1. The van der Waals surface area contributed by atoms with Crippen LogP contribution in [0.3, 0.4) is 0 Å².